The van der Waals surface area contributed by atoms with Crippen LogP contribution in [0.1, 0.15) is 27.2 Å². The predicted octanol–water partition coefficient (Wildman–Crippen LogP) is 1.36. The molecular weight excluding hydrogens is 194 g/mol. The summed E-state index contributed by atoms with van der Waals surface area (Å²) in [6, 6.07) is 0. The Labute approximate surface area is 90.9 Å². The van der Waals surface area contributed by atoms with Crippen molar-refractivity contribution in [2.24, 2.45) is 0 Å². The first kappa shape index (κ1) is 13.7. The quantitative estimate of drug-likeness (QED) is 0.523. The predicted molar refractivity (Wildman–Crippen MR) is 58.3 cm³/mol. The summed E-state index contributed by atoms with van der Waals surface area (Å²) in [5, 5.41) is 0. The van der Waals surface area contributed by atoms with Crippen molar-refractivity contribution in [2.75, 3.05) is 13.6 Å². The Kier molecular flexibility index (Phi) is 5.05. The van der Waals surface area contributed by atoms with Gasteiger partial charge in [-0.2, -0.15) is 0 Å². The number of likely N-dealkylation sites (N-methyl/N-ethyl adjacent to an activating group) is 1. The maximum atomic E-state index is 11.3. The molecule has 4 nitrogen and oxygen atoms in total. The normalized spacial score (nSPS) is 10.7. The molecule has 0 N–H and O–H groups in total. The number of carbonyl (C=O) groups is 2. The van der Waals surface area contributed by atoms with Gasteiger partial charge < -0.3 is 9.64 Å². The summed E-state index contributed by atoms with van der Waals surface area (Å²) in [6.45, 7) is 9.13. The fraction of sp³-hybridized carbons (Fsp3) is 0.636. The molecule has 0 aromatic carbocycles. The Hall–Kier alpha value is -1.32. The van der Waals surface area contributed by atoms with E-state index in [9.17, 15) is 9.59 Å². The minimum Gasteiger partial charge on any atom is -0.460 e. The van der Waals surface area contributed by atoms with Crippen LogP contribution in [0.5, 0.6) is 0 Å². The molecule has 0 aromatic rings. The number of nitrogens with zero attached hydrogens (tertiary/aromatic N) is 1. The van der Waals surface area contributed by atoms with Crippen LogP contribution in [0, 0.1) is 0 Å². The van der Waals surface area contributed by atoms with Crippen molar-refractivity contribution < 1.29 is 14.3 Å². The van der Waals surface area contributed by atoms with Gasteiger partial charge in [-0.25, -0.2) is 0 Å². The Morgan fingerprint density at radius 3 is 2.33 bits per heavy atom. The number of hydrogen-bond donors (Lipinski definition) is 0. The average Bonchev–Trinajstić information content (AvgIpc) is 2.10. The molecule has 0 heterocycles. The molecule has 0 aliphatic heterocycles. The molecule has 0 saturated carbocycles. The molecule has 0 bridgehead atoms. The van der Waals surface area contributed by atoms with E-state index in [1.165, 1.54) is 11.0 Å². The number of hydrogen-bond acceptors (Lipinski definition) is 3. The molecule has 0 radical (unpaired) electrons. The van der Waals surface area contributed by atoms with Gasteiger partial charge in [-0.05, 0) is 26.8 Å². The van der Waals surface area contributed by atoms with Crippen molar-refractivity contribution >= 4 is 11.9 Å². The third-order valence-corrected chi connectivity index (χ3v) is 1.62. The van der Waals surface area contributed by atoms with E-state index in [-0.39, 0.29) is 18.3 Å². The van der Waals surface area contributed by atoms with Crippen molar-refractivity contribution in [2.45, 2.75) is 32.8 Å². The van der Waals surface area contributed by atoms with Gasteiger partial charge in [-0.1, -0.05) is 6.58 Å². The number of ether oxygens (including phenoxy) is 1. The molecule has 0 fully saturated rings. The van der Waals surface area contributed by atoms with Crippen molar-refractivity contribution in [1.29, 1.82) is 0 Å². The van der Waals surface area contributed by atoms with Gasteiger partial charge >= 0.3 is 5.97 Å². The zero-order valence-corrected chi connectivity index (χ0v) is 9.87. The van der Waals surface area contributed by atoms with Gasteiger partial charge in [0.15, 0.2) is 0 Å². The third-order valence-electron chi connectivity index (χ3n) is 1.62. The van der Waals surface area contributed by atoms with Crippen molar-refractivity contribution in [3.05, 3.63) is 12.7 Å². The second-order valence-corrected chi connectivity index (χ2v) is 4.30. The van der Waals surface area contributed by atoms with Crippen molar-refractivity contribution in [3.63, 3.8) is 0 Å². The monoisotopic (exact) mass is 213 g/mol. The van der Waals surface area contributed by atoms with Gasteiger partial charge in [0, 0.05) is 13.6 Å². The van der Waals surface area contributed by atoms with Gasteiger partial charge in [0.1, 0.15) is 5.60 Å². The van der Waals surface area contributed by atoms with Gasteiger partial charge in [0.2, 0.25) is 5.91 Å². The van der Waals surface area contributed by atoms with E-state index in [1.54, 1.807) is 7.05 Å². The fourth-order valence-electron chi connectivity index (χ4n) is 0.918. The summed E-state index contributed by atoms with van der Waals surface area (Å²) in [5.41, 5.74) is -0.474. The highest BCUT2D eigenvalue weighted by Crippen LogP contribution is 2.08. The average molecular weight is 213 g/mol. The summed E-state index contributed by atoms with van der Waals surface area (Å²) in [7, 11) is 1.62. The lowest BCUT2D eigenvalue weighted by atomic mass is 10.2. The first-order chi connectivity index (χ1) is 6.76. The second kappa shape index (κ2) is 5.53. The van der Waals surface area contributed by atoms with E-state index in [0.717, 1.165) is 0 Å². The molecule has 15 heavy (non-hydrogen) atoms. The van der Waals surface area contributed by atoms with Crippen LogP contribution in [0.25, 0.3) is 0 Å². The molecule has 1 amide bonds. The first-order valence-corrected chi connectivity index (χ1v) is 4.85. The number of rotatable bonds is 4. The lowest BCUT2D eigenvalue weighted by Gasteiger charge is -2.20. The Morgan fingerprint density at radius 2 is 1.93 bits per heavy atom. The highest BCUT2D eigenvalue weighted by molar-refractivity contribution is 5.87. The number of esters is 1. The Morgan fingerprint density at radius 1 is 1.40 bits per heavy atom. The highest BCUT2D eigenvalue weighted by Gasteiger charge is 2.16. The van der Waals surface area contributed by atoms with E-state index in [0.29, 0.717) is 6.54 Å². The minimum atomic E-state index is -0.474. The standard InChI is InChI=1S/C11H19NO3/c1-6-9(13)12(5)8-7-10(14)15-11(2,3)4/h6H,1,7-8H2,2-5H3. The summed E-state index contributed by atoms with van der Waals surface area (Å²) < 4.78 is 5.10. The molecule has 0 unspecified atom stereocenters. The van der Waals surface area contributed by atoms with Gasteiger partial charge in [-0.3, -0.25) is 9.59 Å². The van der Waals surface area contributed by atoms with E-state index >= 15 is 0 Å². The van der Waals surface area contributed by atoms with Crippen LogP contribution in [-0.4, -0.2) is 36.0 Å². The SMILES string of the molecule is C=CC(=O)N(C)CCC(=O)OC(C)(C)C. The molecule has 0 spiro atoms. The lowest BCUT2D eigenvalue weighted by molar-refractivity contribution is -0.155. The smallest absolute Gasteiger partial charge is 0.308 e. The molecule has 4 heteroatoms. The van der Waals surface area contributed by atoms with Gasteiger partial charge in [0.05, 0.1) is 6.42 Å². The maximum absolute atomic E-state index is 11.3. The molecule has 0 aliphatic rings. The minimum absolute atomic E-state index is 0.196. The van der Waals surface area contributed by atoms with Crippen LogP contribution in [0.2, 0.25) is 0 Å². The maximum Gasteiger partial charge on any atom is 0.308 e. The molecule has 0 aromatic heterocycles. The fourth-order valence-corrected chi connectivity index (χ4v) is 0.918. The lowest BCUT2D eigenvalue weighted by Crippen LogP contribution is -2.30. The van der Waals surface area contributed by atoms with E-state index in [2.05, 4.69) is 6.58 Å². The summed E-state index contributed by atoms with van der Waals surface area (Å²) in [4.78, 5) is 23.8. The molecule has 0 atom stereocenters. The first-order valence-electron chi connectivity index (χ1n) is 4.85. The van der Waals surface area contributed by atoms with Gasteiger partial charge in [-0.15, -0.1) is 0 Å². The van der Waals surface area contributed by atoms with Crippen LogP contribution in [-0.2, 0) is 14.3 Å². The van der Waals surface area contributed by atoms with Crippen molar-refractivity contribution in [1.82, 2.24) is 4.90 Å². The van der Waals surface area contributed by atoms with Crippen LogP contribution in [0.4, 0.5) is 0 Å². The Balaban J connectivity index is 3.91. The number of amides is 1. The van der Waals surface area contributed by atoms with Crippen LogP contribution >= 0.6 is 0 Å². The molecule has 0 saturated heterocycles. The number of carbonyl (C=O) groups excluding carboxylic acids is 2. The van der Waals surface area contributed by atoms with Crippen LogP contribution < -0.4 is 0 Å². The molecule has 86 valence electrons. The zero-order valence-electron chi connectivity index (χ0n) is 9.87. The van der Waals surface area contributed by atoms with E-state index < -0.39 is 5.60 Å². The zero-order chi connectivity index (χ0) is 12.1. The van der Waals surface area contributed by atoms with Crippen LogP contribution in [0.15, 0.2) is 12.7 Å². The molecular formula is C11H19NO3. The summed E-state index contributed by atoms with van der Waals surface area (Å²) >= 11 is 0. The van der Waals surface area contributed by atoms with E-state index in [1.807, 2.05) is 20.8 Å². The topological polar surface area (TPSA) is 46.6 Å². The third kappa shape index (κ3) is 6.71. The van der Waals surface area contributed by atoms with E-state index in [4.69, 9.17) is 4.74 Å². The second-order valence-electron chi connectivity index (χ2n) is 4.30. The van der Waals surface area contributed by atoms with Crippen molar-refractivity contribution in [3.8, 4) is 0 Å². The summed E-state index contributed by atoms with van der Waals surface area (Å²) in [6.07, 6.45) is 1.42. The largest absolute Gasteiger partial charge is 0.460 e. The van der Waals surface area contributed by atoms with Crippen LogP contribution in [0.3, 0.4) is 0 Å². The summed E-state index contributed by atoms with van der Waals surface area (Å²) in [5.74, 6) is -0.496. The highest BCUT2D eigenvalue weighted by atomic mass is 16.6. The molecule has 0 rings (SSSR count). The van der Waals surface area contributed by atoms with Gasteiger partial charge in [0.25, 0.3) is 0 Å². The molecule has 0 aliphatic carbocycles. The Bertz CT molecular complexity index is 253.